The van der Waals surface area contributed by atoms with Crippen LogP contribution in [0.1, 0.15) is 43.2 Å². The van der Waals surface area contributed by atoms with Gasteiger partial charge >= 0.3 is 0 Å². The molecular formula is C15H24N2O5S. The Morgan fingerprint density at radius 3 is 2.78 bits per heavy atom. The van der Waals surface area contributed by atoms with Crippen LogP contribution in [0.15, 0.2) is 21.6 Å². The highest BCUT2D eigenvalue weighted by Crippen LogP contribution is 2.26. The SMILES string of the molecule is CNS(=O)(=O)c1ccc(C(=O)NCCO[C@H]2CCCC[C@@H]2C)o1. The average molecular weight is 344 g/mol. The first-order valence-electron chi connectivity index (χ1n) is 7.87. The van der Waals surface area contributed by atoms with Gasteiger partial charge in [0.15, 0.2) is 5.76 Å². The second-order valence-electron chi connectivity index (χ2n) is 5.75. The van der Waals surface area contributed by atoms with Crippen molar-refractivity contribution in [3.05, 3.63) is 17.9 Å². The Labute approximate surface area is 136 Å². The van der Waals surface area contributed by atoms with Crippen molar-refractivity contribution in [2.75, 3.05) is 20.2 Å². The molecule has 0 aliphatic heterocycles. The monoisotopic (exact) mass is 344 g/mol. The summed E-state index contributed by atoms with van der Waals surface area (Å²) in [5.74, 6) is 0.0616. The molecule has 0 bridgehead atoms. The summed E-state index contributed by atoms with van der Waals surface area (Å²) in [5.41, 5.74) is 0. The van der Waals surface area contributed by atoms with Crippen molar-refractivity contribution in [2.45, 2.75) is 43.8 Å². The fraction of sp³-hybridized carbons (Fsp3) is 0.667. The van der Waals surface area contributed by atoms with E-state index in [1.165, 1.54) is 38.4 Å². The van der Waals surface area contributed by atoms with Crippen LogP contribution >= 0.6 is 0 Å². The maximum atomic E-state index is 11.9. The van der Waals surface area contributed by atoms with Gasteiger partial charge in [0.05, 0.1) is 12.7 Å². The van der Waals surface area contributed by atoms with Gasteiger partial charge in [0, 0.05) is 6.54 Å². The molecule has 8 heteroatoms. The highest BCUT2D eigenvalue weighted by atomic mass is 32.2. The first-order valence-corrected chi connectivity index (χ1v) is 9.35. The van der Waals surface area contributed by atoms with E-state index in [1.807, 2.05) is 0 Å². The van der Waals surface area contributed by atoms with Crippen LogP contribution in [0, 0.1) is 5.92 Å². The van der Waals surface area contributed by atoms with Crippen LogP contribution in [0.5, 0.6) is 0 Å². The van der Waals surface area contributed by atoms with Crippen molar-refractivity contribution in [3.63, 3.8) is 0 Å². The third kappa shape index (κ3) is 4.79. The van der Waals surface area contributed by atoms with Gasteiger partial charge in [0.2, 0.25) is 5.09 Å². The first kappa shape index (κ1) is 18.0. The van der Waals surface area contributed by atoms with Crippen LogP contribution in [0.4, 0.5) is 0 Å². The Kier molecular flexibility index (Phi) is 6.20. The number of hydrogen-bond acceptors (Lipinski definition) is 5. The van der Waals surface area contributed by atoms with Gasteiger partial charge in [-0.25, -0.2) is 13.1 Å². The quantitative estimate of drug-likeness (QED) is 0.731. The van der Waals surface area contributed by atoms with Gasteiger partial charge in [-0.15, -0.1) is 0 Å². The summed E-state index contributed by atoms with van der Waals surface area (Å²) in [5, 5.41) is 2.38. The first-order chi connectivity index (χ1) is 10.9. The molecule has 0 spiro atoms. The molecule has 7 nitrogen and oxygen atoms in total. The largest absolute Gasteiger partial charge is 0.438 e. The molecule has 1 aromatic rings. The van der Waals surface area contributed by atoms with E-state index in [0.717, 1.165) is 6.42 Å². The van der Waals surface area contributed by atoms with Crippen LogP contribution in [0.3, 0.4) is 0 Å². The van der Waals surface area contributed by atoms with Gasteiger partial charge in [-0.05, 0) is 37.9 Å². The predicted octanol–water partition coefficient (Wildman–Crippen LogP) is 1.51. The molecule has 2 N–H and O–H groups in total. The molecule has 1 aliphatic carbocycles. The minimum Gasteiger partial charge on any atom is -0.438 e. The summed E-state index contributed by atoms with van der Waals surface area (Å²) in [6.45, 7) is 2.98. The minimum absolute atomic E-state index is 0.0372. The molecule has 1 aliphatic rings. The number of furan rings is 1. The third-order valence-electron chi connectivity index (χ3n) is 4.09. The fourth-order valence-corrected chi connectivity index (χ4v) is 3.33. The van der Waals surface area contributed by atoms with E-state index in [0.29, 0.717) is 19.1 Å². The Balaban J connectivity index is 1.77. The van der Waals surface area contributed by atoms with Crippen LogP contribution in [0.2, 0.25) is 0 Å². The molecule has 2 rings (SSSR count). The lowest BCUT2D eigenvalue weighted by atomic mass is 9.88. The van der Waals surface area contributed by atoms with E-state index in [1.54, 1.807) is 0 Å². The van der Waals surface area contributed by atoms with E-state index in [4.69, 9.17) is 9.15 Å². The number of carbonyl (C=O) groups excluding carboxylic acids is 1. The molecule has 0 unspecified atom stereocenters. The molecule has 23 heavy (non-hydrogen) atoms. The fourth-order valence-electron chi connectivity index (χ4n) is 2.68. The maximum Gasteiger partial charge on any atom is 0.287 e. The Morgan fingerprint density at radius 2 is 2.09 bits per heavy atom. The zero-order valence-electron chi connectivity index (χ0n) is 13.5. The van der Waals surface area contributed by atoms with Gasteiger partial charge in [0.25, 0.3) is 15.9 Å². The average Bonchev–Trinajstić information content (AvgIpc) is 3.04. The smallest absolute Gasteiger partial charge is 0.287 e. The van der Waals surface area contributed by atoms with E-state index in [9.17, 15) is 13.2 Å². The van der Waals surface area contributed by atoms with Crippen molar-refractivity contribution < 1.29 is 22.4 Å². The predicted molar refractivity (Wildman–Crippen MR) is 84.7 cm³/mol. The highest BCUT2D eigenvalue weighted by molar-refractivity contribution is 7.89. The molecular weight excluding hydrogens is 320 g/mol. The molecule has 1 fully saturated rings. The van der Waals surface area contributed by atoms with Crippen molar-refractivity contribution in [1.82, 2.24) is 10.0 Å². The van der Waals surface area contributed by atoms with Gasteiger partial charge in [-0.1, -0.05) is 19.8 Å². The number of carbonyl (C=O) groups is 1. The van der Waals surface area contributed by atoms with Crippen LogP contribution in [0.25, 0.3) is 0 Å². The molecule has 2 atom stereocenters. The standard InChI is InChI=1S/C15H24N2O5S/c1-11-5-3-4-6-12(11)21-10-9-17-15(18)13-7-8-14(22-13)23(19,20)16-2/h7-8,11-12,16H,3-6,9-10H2,1-2H3,(H,17,18)/t11-,12-/m0/s1. The molecule has 0 aromatic carbocycles. The van der Waals surface area contributed by atoms with Crippen LogP contribution < -0.4 is 10.0 Å². The van der Waals surface area contributed by atoms with Gasteiger partial charge in [-0.2, -0.15) is 0 Å². The summed E-state index contributed by atoms with van der Waals surface area (Å²) in [6, 6.07) is 2.59. The highest BCUT2D eigenvalue weighted by Gasteiger charge is 2.22. The van der Waals surface area contributed by atoms with Crippen molar-refractivity contribution in [3.8, 4) is 0 Å². The van der Waals surface area contributed by atoms with E-state index in [2.05, 4.69) is 17.0 Å². The number of rotatable bonds is 7. The molecule has 1 aromatic heterocycles. The number of sulfonamides is 1. The van der Waals surface area contributed by atoms with Gasteiger partial charge in [0.1, 0.15) is 0 Å². The zero-order valence-corrected chi connectivity index (χ0v) is 14.3. The molecule has 130 valence electrons. The zero-order chi connectivity index (χ0) is 16.9. The molecule has 1 amide bonds. The van der Waals surface area contributed by atoms with Crippen molar-refractivity contribution >= 4 is 15.9 Å². The van der Waals surface area contributed by atoms with E-state index >= 15 is 0 Å². The normalized spacial score (nSPS) is 22.0. The van der Waals surface area contributed by atoms with Gasteiger partial charge in [-0.3, -0.25) is 4.79 Å². The molecule has 1 heterocycles. The molecule has 0 radical (unpaired) electrons. The second-order valence-corrected chi connectivity index (χ2v) is 7.57. The third-order valence-corrected chi connectivity index (χ3v) is 5.38. The lowest BCUT2D eigenvalue weighted by Gasteiger charge is -2.28. The lowest BCUT2D eigenvalue weighted by Crippen LogP contribution is -2.31. The Hall–Kier alpha value is -1.38. The van der Waals surface area contributed by atoms with Crippen LogP contribution in [-0.4, -0.2) is 40.6 Å². The molecule has 1 saturated carbocycles. The summed E-state index contributed by atoms with van der Waals surface area (Å²) in [6.07, 6.45) is 4.96. The number of amides is 1. The summed E-state index contributed by atoms with van der Waals surface area (Å²) in [7, 11) is -2.40. The lowest BCUT2D eigenvalue weighted by molar-refractivity contribution is -0.00301. The van der Waals surface area contributed by atoms with Crippen molar-refractivity contribution in [1.29, 1.82) is 0 Å². The van der Waals surface area contributed by atoms with Crippen LogP contribution in [-0.2, 0) is 14.8 Å². The number of hydrogen-bond donors (Lipinski definition) is 2. The summed E-state index contributed by atoms with van der Waals surface area (Å²) < 4.78 is 36.1. The maximum absolute atomic E-state index is 11.9. The topological polar surface area (TPSA) is 97.6 Å². The summed E-state index contributed by atoms with van der Waals surface area (Å²) in [4.78, 5) is 11.9. The van der Waals surface area contributed by atoms with Gasteiger partial charge < -0.3 is 14.5 Å². The second kappa shape index (κ2) is 7.94. The number of ether oxygens (including phenoxy) is 1. The minimum atomic E-state index is -3.68. The molecule has 0 saturated heterocycles. The van der Waals surface area contributed by atoms with E-state index in [-0.39, 0.29) is 17.0 Å². The Bertz CT molecular complexity index is 626. The van der Waals surface area contributed by atoms with E-state index < -0.39 is 15.9 Å². The number of nitrogens with one attached hydrogen (secondary N) is 2. The summed E-state index contributed by atoms with van der Waals surface area (Å²) >= 11 is 0. The Morgan fingerprint density at radius 1 is 1.35 bits per heavy atom. The van der Waals surface area contributed by atoms with Crippen molar-refractivity contribution in [2.24, 2.45) is 5.92 Å².